The molecule has 1 aromatic carbocycles. The number of ether oxygens (including phenoxy) is 2. The lowest BCUT2D eigenvalue weighted by Gasteiger charge is -2.16. The molecule has 6 nitrogen and oxygen atoms in total. The van der Waals surface area contributed by atoms with Gasteiger partial charge in [-0.2, -0.15) is 0 Å². The van der Waals surface area contributed by atoms with Crippen molar-refractivity contribution in [3.05, 3.63) is 23.3 Å². The number of rotatable bonds is 6. The summed E-state index contributed by atoms with van der Waals surface area (Å²) in [5.41, 5.74) is 12.8. The van der Waals surface area contributed by atoms with Crippen LogP contribution in [0.4, 0.5) is 0 Å². The number of nitrogens with two attached hydrogens (primary N) is 1. The van der Waals surface area contributed by atoms with Crippen LogP contribution in [0.2, 0.25) is 0 Å². The Morgan fingerprint density at radius 2 is 1.89 bits per heavy atom. The highest BCUT2D eigenvalue weighted by molar-refractivity contribution is 5.81. The predicted octanol–water partition coefficient (Wildman–Crippen LogP) is 0.133. The minimum Gasteiger partial charge on any atom is -0.493 e. The Bertz CT molecular complexity index is 449. The van der Waals surface area contributed by atoms with Gasteiger partial charge in [-0.15, -0.1) is 0 Å². The number of amides is 1. The van der Waals surface area contributed by atoms with Crippen molar-refractivity contribution >= 4 is 5.91 Å². The molecule has 4 N–H and O–H groups in total. The molecule has 0 spiro atoms. The van der Waals surface area contributed by atoms with Crippen molar-refractivity contribution in [2.24, 2.45) is 5.73 Å². The second-order valence-electron chi connectivity index (χ2n) is 4.18. The van der Waals surface area contributed by atoms with Crippen LogP contribution < -0.4 is 26.1 Å². The summed E-state index contributed by atoms with van der Waals surface area (Å²) in [4.78, 5) is 11.6. The van der Waals surface area contributed by atoms with Crippen LogP contribution in [0.3, 0.4) is 0 Å². The molecule has 0 fully saturated rings. The van der Waals surface area contributed by atoms with Gasteiger partial charge < -0.3 is 15.2 Å². The highest BCUT2D eigenvalue weighted by Crippen LogP contribution is 2.30. The second-order valence-corrected chi connectivity index (χ2v) is 4.18. The van der Waals surface area contributed by atoms with Gasteiger partial charge in [-0.05, 0) is 36.6 Å². The van der Waals surface area contributed by atoms with E-state index in [1.165, 1.54) is 0 Å². The molecule has 1 rings (SSSR count). The highest BCUT2D eigenvalue weighted by Gasteiger charge is 2.16. The smallest absolute Gasteiger partial charge is 0.251 e. The van der Waals surface area contributed by atoms with E-state index in [9.17, 15) is 4.79 Å². The molecular formula is C13H21N3O3. The van der Waals surface area contributed by atoms with Crippen molar-refractivity contribution in [1.82, 2.24) is 10.9 Å². The van der Waals surface area contributed by atoms with Crippen LogP contribution >= 0.6 is 0 Å². The molecular weight excluding hydrogens is 246 g/mol. The molecule has 19 heavy (non-hydrogen) atoms. The summed E-state index contributed by atoms with van der Waals surface area (Å²) in [7, 11) is 4.78. The fourth-order valence-electron chi connectivity index (χ4n) is 1.79. The molecule has 1 aromatic rings. The lowest BCUT2D eigenvalue weighted by atomic mass is 10.0. The molecule has 0 saturated heterocycles. The molecule has 6 heteroatoms. The molecule has 1 amide bonds. The Morgan fingerprint density at radius 3 is 2.42 bits per heavy atom. The van der Waals surface area contributed by atoms with Crippen molar-refractivity contribution in [2.75, 3.05) is 21.3 Å². The van der Waals surface area contributed by atoms with Gasteiger partial charge in [0.05, 0.1) is 20.3 Å². The van der Waals surface area contributed by atoms with E-state index in [-0.39, 0.29) is 5.91 Å². The van der Waals surface area contributed by atoms with Gasteiger partial charge in [-0.3, -0.25) is 10.2 Å². The van der Waals surface area contributed by atoms with E-state index in [0.29, 0.717) is 17.9 Å². The van der Waals surface area contributed by atoms with Crippen molar-refractivity contribution in [3.8, 4) is 11.5 Å². The van der Waals surface area contributed by atoms with Crippen LogP contribution in [-0.2, 0) is 11.2 Å². The molecule has 0 aromatic heterocycles. The summed E-state index contributed by atoms with van der Waals surface area (Å²) >= 11 is 0. The Morgan fingerprint density at radius 1 is 1.32 bits per heavy atom. The quantitative estimate of drug-likeness (QED) is 0.638. The van der Waals surface area contributed by atoms with Crippen LogP contribution in [0.25, 0.3) is 0 Å². The minimum atomic E-state index is -0.621. The number of benzene rings is 1. The Labute approximate surface area is 113 Å². The monoisotopic (exact) mass is 267 g/mol. The molecule has 0 radical (unpaired) electrons. The van der Waals surface area contributed by atoms with E-state index < -0.39 is 6.04 Å². The number of nitrogens with one attached hydrogen (secondary N) is 2. The maximum absolute atomic E-state index is 11.6. The summed E-state index contributed by atoms with van der Waals surface area (Å²) in [5, 5.41) is 0. The molecule has 0 aliphatic rings. The summed E-state index contributed by atoms with van der Waals surface area (Å²) in [6.07, 6.45) is 0.430. The van der Waals surface area contributed by atoms with E-state index in [4.69, 9.17) is 15.2 Å². The number of carbonyl (C=O) groups is 1. The summed E-state index contributed by atoms with van der Waals surface area (Å²) < 4.78 is 10.5. The first-order chi connectivity index (χ1) is 9.03. The van der Waals surface area contributed by atoms with Crippen molar-refractivity contribution in [1.29, 1.82) is 0 Å². The SMILES string of the molecule is CNNC(=O)C(N)Cc1cc(OC)c(OC)cc1C. The Kier molecular flexibility index (Phi) is 5.59. The summed E-state index contributed by atoms with van der Waals surface area (Å²) in [6, 6.07) is 3.10. The van der Waals surface area contributed by atoms with Crippen molar-refractivity contribution < 1.29 is 14.3 Å². The van der Waals surface area contributed by atoms with Gasteiger partial charge in [-0.25, -0.2) is 5.43 Å². The van der Waals surface area contributed by atoms with Crippen LogP contribution in [-0.4, -0.2) is 33.2 Å². The average molecular weight is 267 g/mol. The Balaban J connectivity index is 2.92. The number of hydrogen-bond donors (Lipinski definition) is 3. The number of hydrazine groups is 1. The third-order valence-electron chi connectivity index (χ3n) is 2.87. The third-order valence-corrected chi connectivity index (χ3v) is 2.87. The standard InChI is InChI=1S/C13H21N3O3/c1-8-5-11(18-3)12(19-4)7-9(8)6-10(14)13(17)16-15-2/h5,7,10,15H,6,14H2,1-4H3,(H,16,17). The van der Waals surface area contributed by atoms with Gasteiger partial charge in [0.2, 0.25) is 0 Å². The van der Waals surface area contributed by atoms with E-state index >= 15 is 0 Å². The van der Waals surface area contributed by atoms with Crippen LogP contribution in [0.1, 0.15) is 11.1 Å². The first kappa shape index (κ1) is 15.3. The maximum Gasteiger partial charge on any atom is 0.251 e. The first-order valence-corrected chi connectivity index (χ1v) is 5.97. The third kappa shape index (κ3) is 3.84. The van der Waals surface area contributed by atoms with Gasteiger partial charge in [0.25, 0.3) is 5.91 Å². The lowest BCUT2D eigenvalue weighted by Crippen LogP contribution is -2.46. The van der Waals surface area contributed by atoms with Gasteiger partial charge in [-0.1, -0.05) is 0 Å². The van der Waals surface area contributed by atoms with Gasteiger partial charge in [0, 0.05) is 7.05 Å². The highest BCUT2D eigenvalue weighted by atomic mass is 16.5. The van der Waals surface area contributed by atoms with E-state index in [1.54, 1.807) is 21.3 Å². The zero-order valence-corrected chi connectivity index (χ0v) is 11.7. The fraction of sp³-hybridized carbons (Fsp3) is 0.462. The number of methoxy groups -OCH3 is 2. The largest absolute Gasteiger partial charge is 0.493 e. The molecule has 106 valence electrons. The van der Waals surface area contributed by atoms with Gasteiger partial charge in [0.1, 0.15) is 0 Å². The topological polar surface area (TPSA) is 85.6 Å². The van der Waals surface area contributed by atoms with Crippen LogP contribution in [0.5, 0.6) is 11.5 Å². The second kappa shape index (κ2) is 6.96. The molecule has 0 aliphatic carbocycles. The molecule has 0 saturated carbocycles. The minimum absolute atomic E-state index is 0.253. The van der Waals surface area contributed by atoms with Crippen molar-refractivity contribution in [2.45, 2.75) is 19.4 Å². The van der Waals surface area contributed by atoms with Crippen LogP contribution in [0, 0.1) is 6.92 Å². The average Bonchev–Trinajstić information content (AvgIpc) is 2.40. The van der Waals surface area contributed by atoms with Crippen molar-refractivity contribution in [3.63, 3.8) is 0 Å². The van der Waals surface area contributed by atoms with Crippen LogP contribution in [0.15, 0.2) is 12.1 Å². The summed E-state index contributed by atoms with van der Waals surface area (Å²) in [5.74, 6) is 1.04. The fourth-order valence-corrected chi connectivity index (χ4v) is 1.79. The van der Waals surface area contributed by atoms with E-state index in [1.807, 2.05) is 19.1 Å². The molecule has 0 bridgehead atoms. The lowest BCUT2D eigenvalue weighted by molar-refractivity contribution is -0.123. The first-order valence-electron chi connectivity index (χ1n) is 5.97. The maximum atomic E-state index is 11.6. The molecule has 0 aliphatic heterocycles. The van der Waals surface area contributed by atoms with E-state index in [0.717, 1.165) is 11.1 Å². The van der Waals surface area contributed by atoms with E-state index in [2.05, 4.69) is 10.9 Å². The molecule has 0 heterocycles. The van der Waals surface area contributed by atoms with Gasteiger partial charge >= 0.3 is 0 Å². The zero-order valence-electron chi connectivity index (χ0n) is 11.7. The van der Waals surface area contributed by atoms with Gasteiger partial charge in [0.15, 0.2) is 11.5 Å². The predicted molar refractivity (Wildman–Crippen MR) is 73.2 cm³/mol. The number of aryl methyl sites for hydroxylation is 1. The summed E-state index contributed by atoms with van der Waals surface area (Å²) in [6.45, 7) is 1.94. The zero-order chi connectivity index (χ0) is 14.4. The normalized spacial score (nSPS) is 11.8. The molecule has 1 atom stereocenters. The number of carbonyl (C=O) groups excluding carboxylic acids is 1. The molecule has 1 unspecified atom stereocenters. The number of hydrogen-bond acceptors (Lipinski definition) is 5. The Hall–Kier alpha value is -1.79.